The summed E-state index contributed by atoms with van der Waals surface area (Å²) in [6.45, 7) is 0. The zero-order valence-electron chi connectivity index (χ0n) is 6.23. The van der Waals surface area contributed by atoms with Crippen LogP contribution in [0.1, 0.15) is 18.2 Å². The molecule has 0 aliphatic rings. The maximum atomic E-state index is 10.2. The zero-order valence-corrected chi connectivity index (χ0v) is 6.23. The van der Waals surface area contributed by atoms with Crippen molar-refractivity contribution in [2.24, 2.45) is 5.73 Å². The van der Waals surface area contributed by atoms with Crippen LogP contribution in [0, 0.1) is 0 Å². The minimum atomic E-state index is -1.00. The Kier molecular flexibility index (Phi) is 2.35. The molecule has 0 spiro atoms. The van der Waals surface area contributed by atoms with Crippen LogP contribution in [0.25, 0.3) is 0 Å². The number of aromatic hydroxyl groups is 1. The molecule has 0 fully saturated rings. The van der Waals surface area contributed by atoms with Gasteiger partial charge in [-0.1, -0.05) is 0 Å². The molecule has 0 aliphatic heterocycles. The van der Waals surface area contributed by atoms with Crippen LogP contribution in [-0.4, -0.2) is 16.2 Å². The van der Waals surface area contributed by atoms with E-state index >= 15 is 0 Å². The molecule has 1 atom stereocenters. The van der Waals surface area contributed by atoms with Crippen molar-refractivity contribution in [2.45, 2.75) is 12.5 Å². The highest BCUT2D eigenvalue weighted by Crippen LogP contribution is 2.20. The van der Waals surface area contributed by atoms with Crippen LogP contribution < -0.4 is 5.73 Å². The van der Waals surface area contributed by atoms with Crippen LogP contribution in [0.3, 0.4) is 0 Å². The lowest BCUT2D eigenvalue weighted by Gasteiger charge is -2.03. The number of furan rings is 1. The number of carbonyl (C=O) groups is 1. The summed E-state index contributed by atoms with van der Waals surface area (Å²) >= 11 is 0. The minimum Gasteiger partial charge on any atom is -0.481 e. The van der Waals surface area contributed by atoms with Crippen LogP contribution in [0.4, 0.5) is 0 Å². The van der Waals surface area contributed by atoms with Gasteiger partial charge in [-0.2, -0.15) is 0 Å². The summed E-state index contributed by atoms with van der Waals surface area (Å²) < 4.78 is 4.71. The first-order valence-corrected chi connectivity index (χ1v) is 3.35. The van der Waals surface area contributed by atoms with E-state index in [4.69, 9.17) is 20.4 Å². The van der Waals surface area contributed by atoms with Gasteiger partial charge < -0.3 is 20.4 Å². The Bertz CT molecular complexity index is 281. The standard InChI is InChI=1S/C7H9NO4/c8-4(3-6(9)10)5-1-2-7(11)12-5/h1-2,4,11H,3,8H2,(H,9,10)/t4-/m0/s1. The first-order chi connectivity index (χ1) is 5.59. The number of rotatable bonds is 3. The van der Waals surface area contributed by atoms with Gasteiger partial charge >= 0.3 is 5.97 Å². The van der Waals surface area contributed by atoms with E-state index < -0.39 is 12.0 Å². The normalized spacial score (nSPS) is 12.8. The zero-order chi connectivity index (χ0) is 9.14. The molecule has 1 heterocycles. The second-order valence-electron chi connectivity index (χ2n) is 2.38. The van der Waals surface area contributed by atoms with Crippen LogP contribution >= 0.6 is 0 Å². The fraction of sp³-hybridized carbons (Fsp3) is 0.286. The maximum Gasteiger partial charge on any atom is 0.305 e. The van der Waals surface area contributed by atoms with Crippen molar-refractivity contribution in [2.75, 3.05) is 0 Å². The van der Waals surface area contributed by atoms with Gasteiger partial charge in [0.2, 0.25) is 0 Å². The van der Waals surface area contributed by atoms with Gasteiger partial charge in [-0.3, -0.25) is 4.79 Å². The third-order valence-electron chi connectivity index (χ3n) is 1.37. The molecule has 0 amide bonds. The van der Waals surface area contributed by atoms with E-state index in [9.17, 15) is 4.79 Å². The predicted molar refractivity (Wildman–Crippen MR) is 39.6 cm³/mol. The first-order valence-electron chi connectivity index (χ1n) is 3.35. The number of carboxylic acid groups (broad SMARTS) is 1. The van der Waals surface area contributed by atoms with Crippen molar-refractivity contribution < 1.29 is 19.4 Å². The van der Waals surface area contributed by atoms with Crippen LogP contribution in [-0.2, 0) is 4.79 Å². The fourth-order valence-corrected chi connectivity index (χ4v) is 0.830. The van der Waals surface area contributed by atoms with E-state index in [1.165, 1.54) is 12.1 Å². The van der Waals surface area contributed by atoms with Gasteiger partial charge in [0.1, 0.15) is 5.76 Å². The van der Waals surface area contributed by atoms with E-state index in [1.807, 2.05) is 0 Å². The molecule has 5 nitrogen and oxygen atoms in total. The van der Waals surface area contributed by atoms with Crippen molar-refractivity contribution in [1.29, 1.82) is 0 Å². The lowest BCUT2D eigenvalue weighted by atomic mass is 10.2. The van der Waals surface area contributed by atoms with E-state index in [0.29, 0.717) is 0 Å². The monoisotopic (exact) mass is 171 g/mol. The van der Waals surface area contributed by atoms with Gasteiger partial charge in [-0.05, 0) is 6.07 Å². The third kappa shape index (κ3) is 2.00. The number of aliphatic carboxylic acids is 1. The molecule has 12 heavy (non-hydrogen) atoms. The molecule has 0 saturated carbocycles. The minimum absolute atomic E-state index is 0.215. The summed E-state index contributed by atoms with van der Waals surface area (Å²) in [5.74, 6) is -0.987. The molecule has 0 radical (unpaired) electrons. The molecule has 0 aliphatic carbocycles. The van der Waals surface area contributed by atoms with Crippen molar-refractivity contribution >= 4 is 5.97 Å². The Labute approximate surface area is 68.4 Å². The second-order valence-corrected chi connectivity index (χ2v) is 2.38. The molecule has 0 aromatic carbocycles. The van der Waals surface area contributed by atoms with Gasteiger partial charge in [0.25, 0.3) is 5.95 Å². The summed E-state index contributed by atoms with van der Waals surface area (Å²) in [6.07, 6.45) is -0.215. The Balaban J connectivity index is 2.64. The average molecular weight is 171 g/mol. The summed E-state index contributed by atoms with van der Waals surface area (Å²) in [5, 5.41) is 17.1. The number of hydrogen-bond acceptors (Lipinski definition) is 4. The summed E-state index contributed by atoms with van der Waals surface area (Å²) in [6, 6.07) is 2.06. The number of carboxylic acids is 1. The molecule has 66 valence electrons. The van der Waals surface area contributed by atoms with E-state index in [0.717, 1.165) is 0 Å². The lowest BCUT2D eigenvalue weighted by molar-refractivity contribution is -0.137. The Morgan fingerprint density at radius 1 is 1.67 bits per heavy atom. The molecular formula is C7H9NO4. The Morgan fingerprint density at radius 3 is 2.75 bits per heavy atom. The van der Waals surface area contributed by atoms with Crippen molar-refractivity contribution in [3.8, 4) is 5.95 Å². The topological polar surface area (TPSA) is 96.7 Å². The maximum absolute atomic E-state index is 10.2. The van der Waals surface area contributed by atoms with E-state index in [-0.39, 0.29) is 18.1 Å². The van der Waals surface area contributed by atoms with Crippen molar-refractivity contribution in [1.82, 2.24) is 0 Å². The van der Waals surface area contributed by atoms with Crippen LogP contribution in [0.15, 0.2) is 16.5 Å². The van der Waals surface area contributed by atoms with Gasteiger partial charge in [0, 0.05) is 6.07 Å². The molecular weight excluding hydrogens is 162 g/mol. The highest BCUT2D eigenvalue weighted by Gasteiger charge is 2.13. The van der Waals surface area contributed by atoms with Crippen LogP contribution in [0.5, 0.6) is 5.95 Å². The molecule has 0 saturated heterocycles. The highest BCUT2D eigenvalue weighted by molar-refractivity contribution is 5.67. The average Bonchev–Trinajstić information content (AvgIpc) is 2.34. The largest absolute Gasteiger partial charge is 0.481 e. The first kappa shape index (κ1) is 8.61. The molecule has 5 heteroatoms. The molecule has 0 unspecified atom stereocenters. The number of hydrogen-bond donors (Lipinski definition) is 3. The molecule has 1 aromatic rings. The molecule has 4 N–H and O–H groups in total. The van der Waals surface area contributed by atoms with Gasteiger partial charge in [-0.15, -0.1) is 0 Å². The molecule has 1 rings (SSSR count). The van der Waals surface area contributed by atoms with E-state index in [1.54, 1.807) is 0 Å². The van der Waals surface area contributed by atoms with Gasteiger partial charge in [0.15, 0.2) is 0 Å². The SMILES string of the molecule is N[C@@H](CC(=O)O)c1ccc(O)o1. The smallest absolute Gasteiger partial charge is 0.305 e. The van der Waals surface area contributed by atoms with Gasteiger partial charge in [-0.25, -0.2) is 0 Å². The number of nitrogens with two attached hydrogens (primary N) is 1. The fourth-order valence-electron chi connectivity index (χ4n) is 0.830. The highest BCUT2D eigenvalue weighted by atomic mass is 16.5. The van der Waals surface area contributed by atoms with E-state index in [2.05, 4.69) is 0 Å². The second kappa shape index (κ2) is 3.27. The van der Waals surface area contributed by atoms with Gasteiger partial charge in [0.05, 0.1) is 12.5 Å². The predicted octanol–water partition coefficient (Wildman–Crippen LogP) is 0.460. The third-order valence-corrected chi connectivity index (χ3v) is 1.37. The molecule has 1 aromatic heterocycles. The summed E-state index contributed by atoms with van der Waals surface area (Å²) in [5.41, 5.74) is 5.42. The van der Waals surface area contributed by atoms with Crippen LogP contribution in [0.2, 0.25) is 0 Å². The van der Waals surface area contributed by atoms with Crippen molar-refractivity contribution in [3.05, 3.63) is 17.9 Å². The Hall–Kier alpha value is -1.49. The van der Waals surface area contributed by atoms with Crippen molar-refractivity contribution in [3.63, 3.8) is 0 Å². The quantitative estimate of drug-likeness (QED) is 0.613. The summed E-state index contributed by atoms with van der Waals surface area (Å²) in [7, 11) is 0. The Morgan fingerprint density at radius 2 is 2.33 bits per heavy atom. The lowest BCUT2D eigenvalue weighted by Crippen LogP contribution is -2.13. The summed E-state index contributed by atoms with van der Waals surface area (Å²) in [4.78, 5) is 10.2. The molecule has 0 bridgehead atoms.